The second-order valence-corrected chi connectivity index (χ2v) is 8.62. The molecule has 0 aliphatic rings. The molecule has 1 heterocycles. The summed E-state index contributed by atoms with van der Waals surface area (Å²) in [5.41, 5.74) is -6.82. The first-order valence-electron chi connectivity index (χ1n) is 7.92. The van der Waals surface area contributed by atoms with Gasteiger partial charge < -0.3 is 4.74 Å². The Bertz CT molecular complexity index is 1260. The van der Waals surface area contributed by atoms with Crippen LogP contribution in [0.1, 0.15) is 0 Å². The number of thioether (sulfide) groups is 1. The smallest absolute Gasteiger partial charge is 0.446 e. The van der Waals surface area contributed by atoms with Crippen molar-refractivity contribution in [3.8, 4) is 17.2 Å². The molecule has 0 bridgehead atoms. The summed E-state index contributed by atoms with van der Waals surface area (Å²) in [4.78, 5) is 38.0. The van der Waals surface area contributed by atoms with E-state index in [-0.39, 0.29) is 33.8 Å². The molecule has 0 radical (unpaired) electrons. The van der Waals surface area contributed by atoms with Crippen LogP contribution in [0.15, 0.2) is 64.6 Å². The number of aromatic amines is 1. The average Bonchev–Trinajstić information content (AvgIpc) is 2.63. The molecule has 0 aliphatic heterocycles. The second-order valence-electron chi connectivity index (χ2n) is 5.77. The molecule has 1 aromatic heterocycles. The Morgan fingerprint density at radius 3 is 2.10 bits per heavy atom. The quantitative estimate of drug-likeness (QED) is 0.478. The number of nitrogens with zero attached hydrogens (tertiary/aromatic N) is 2. The first kappa shape index (κ1) is 22.4. The number of hydrogen-bond acceptors (Lipinski definition) is 5. The fourth-order valence-electron chi connectivity index (χ4n) is 2.38. The van der Waals surface area contributed by atoms with Crippen LogP contribution < -0.4 is 21.8 Å². The van der Waals surface area contributed by atoms with Crippen molar-refractivity contribution in [2.75, 3.05) is 0 Å². The zero-order chi connectivity index (χ0) is 22.2. The van der Waals surface area contributed by atoms with Crippen molar-refractivity contribution in [1.82, 2.24) is 14.1 Å². The Labute approximate surface area is 186 Å². The third-order valence-electron chi connectivity index (χ3n) is 3.72. The first-order chi connectivity index (χ1) is 14.0. The van der Waals surface area contributed by atoms with Gasteiger partial charge in [0.25, 0.3) is 0 Å². The lowest BCUT2D eigenvalue weighted by atomic mass is 10.3. The molecule has 7 nitrogen and oxygen atoms in total. The monoisotopic (exact) mass is 567 g/mol. The van der Waals surface area contributed by atoms with Gasteiger partial charge in [-0.25, -0.2) is 23.5 Å². The largest absolute Gasteiger partial charge is 0.455 e. The third kappa shape index (κ3) is 4.90. The summed E-state index contributed by atoms with van der Waals surface area (Å²) in [6.45, 7) is 0. The lowest BCUT2D eigenvalue weighted by Gasteiger charge is -2.13. The van der Waals surface area contributed by atoms with Gasteiger partial charge in [-0.1, -0.05) is 0 Å². The van der Waals surface area contributed by atoms with Crippen molar-refractivity contribution in [3.05, 3.63) is 76.8 Å². The van der Waals surface area contributed by atoms with E-state index in [1.807, 2.05) is 4.98 Å². The molecular formula is C17H10Br2F3N3O4S. The predicted molar refractivity (Wildman–Crippen MR) is 112 cm³/mol. The van der Waals surface area contributed by atoms with Crippen LogP contribution in [-0.4, -0.2) is 19.6 Å². The molecule has 0 saturated carbocycles. The summed E-state index contributed by atoms with van der Waals surface area (Å²) in [6.07, 6.45) is 0. The molecule has 30 heavy (non-hydrogen) atoms. The van der Waals surface area contributed by atoms with E-state index in [0.29, 0.717) is 8.95 Å². The molecule has 0 unspecified atom stereocenters. The van der Waals surface area contributed by atoms with E-state index in [4.69, 9.17) is 4.74 Å². The van der Waals surface area contributed by atoms with Gasteiger partial charge in [0.15, 0.2) is 5.75 Å². The SMILES string of the molecule is Cn1c(=O)[nH]c(=O)n(-c2cc(Br)c(Oc3ccc(SC(F)(F)F)cc3)c(Br)c2)c1=O. The Balaban J connectivity index is 1.95. The Hall–Kier alpha value is -2.25. The highest BCUT2D eigenvalue weighted by Gasteiger charge is 2.29. The highest BCUT2D eigenvalue weighted by molar-refractivity contribution is 9.11. The van der Waals surface area contributed by atoms with Crippen LogP contribution in [0.5, 0.6) is 11.5 Å². The predicted octanol–water partition coefficient (Wildman–Crippen LogP) is 4.15. The summed E-state index contributed by atoms with van der Waals surface area (Å²) in [5, 5.41) is 0. The summed E-state index contributed by atoms with van der Waals surface area (Å²) in [6, 6.07) is 8.15. The molecule has 0 saturated heterocycles. The summed E-state index contributed by atoms with van der Waals surface area (Å²) >= 11 is 6.33. The summed E-state index contributed by atoms with van der Waals surface area (Å²) < 4.78 is 45.2. The zero-order valence-electron chi connectivity index (χ0n) is 14.8. The number of aromatic nitrogens is 3. The van der Waals surface area contributed by atoms with Crippen molar-refractivity contribution in [2.45, 2.75) is 10.4 Å². The van der Waals surface area contributed by atoms with Crippen molar-refractivity contribution in [3.63, 3.8) is 0 Å². The number of halogens is 5. The number of alkyl halides is 3. The van der Waals surface area contributed by atoms with Crippen LogP contribution in [0.25, 0.3) is 5.69 Å². The maximum absolute atomic E-state index is 12.4. The molecule has 2 aromatic carbocycles. The minimum absolute atomic E-state index is 0.0108. The fourth-order valence-corrected chi connectivity index (χ4v) is 4.25. The molecule has 3 rings (SSSR count). The molecule has 158 valence electrons. The number of rotatable bonds is 4. The van der Waals surface area contributed by atoms with Gasteiger partial charge in [0.05, 0.1) is 14.6 Å². The van der Waals surface area contributed by atoms with Crippen molar-refractivity contribution >= 4 is 43.6 Å². The second kappa shape index (κ2) is 8.47. The van der Waals surface area contributed by atoms with Gasteiger partial charge in [0.1, 0.15) is 5.75 Å². The van der Waals surface area contributed by atoms with Crippen LogP contribution in [0.4, 0.5) is 13.2 Å². The maximum atomic E-state index is 12.4. The normalized spacial score (nSPS) is 11.5. The molecule has 0 fully saturated rings. The summed E-state index contributed by atoms with van der Waals surface area (Å²) in [5.74, 6) is 0.539. The van der Waals surface area contributed by atoms with Gasteiger partial charge in [-0.3, -0.25) is 4.98 Å². The number of hydrogen-bond donors (Lipinski definition) is 1. The van der Waals surface area contributed by atoms with Crippen molar-refractivity contribution in [2.24, 2.45) is 7.05 Å². The standard InChI is InChI=1S/C17H10Br2F3N3O4S/c1-24-14(26)23-15(27)25(16(24)28)8-6-11(18)13(12(19)7-8)29-9-2-4-10(5-3-9)30-17(20,21)22/h2-7H,1H3,(H,23,26,27). The number of benzene rings is 2. The maximum Gasteiger partial charge on any atom is 0.446 e. The first-order valence-corrected chi connectivity index (χ1v) is 10.3. The van der Waals surface area contributed by atoms with E-state index in [1.54, 1.807) is 0 Å². The molecule has 13 heteroatoms. The van der Waals surface area contributed by atoms with Crippen molar-refractivity contribution in [1.29, 1.82) is 0 Å². The van der Waals surface area contributed by atoms with E-state index in [0.717, 1.165) is 9.13 Å². The highest BCUT2D eigenvalue weighted by Crippen LogP contribution is 2.40. The minimum Gasteiger partial charge on any atom is -0.455 e. The van der Waals surface area contributed by atoms with Gasteiger partial charge in [-0.05, 0) is 80.0 Å². The van der Waals surface area contributed by atoms with Gasteiger partial charge >= 0.3 is 22.6 Å². The molecule has 0 amide bonds. The van der Waals surface area contributed by atoms with Crippen LogP contribution in [-0.2, 0) is 7.05 Å². The van der Waals surface area contributed by atoms with E-state index < -0.39 is 22.6 Å². The Kier molecular flexibility index (Phi) is 6.34. The van der Waals surface area contributed by atoms with Crippen LogP contribution in [0.2, 0.25) is 0 Å². The molecule has 0 spiro atoms. The van der Waals surface area contributed by atoms with Gasteiger partial charge in [0, 0.05) is 11.9 Å². The van der Waals surface area contributed by atoms with Crippen molar-refractivity contribution < 1.29 is 17.9 Å². The Morgan fingerprint density at radius 2 is 1.57 bits per heavy atom. The number of H-pyrrole nitrogens is 1. The lowest BCUT2D eigenvalue weighted by Crippen LogP contribution is -2.47. The molecule has 0 aliphatic carbocycles. The fraction of sp³-hybridized carbons (Fsp3) is 0.118. The van der Waals surface area contributed by atoms with E-state index in [9.17, 15) is 27.6 Å². The van der Waals surface area contributed by atoms with Gasteiger partial charge in [-0.15, -0.1) is 0 Å². The average molecular weight is 569 g/mol. The van der Waals surface area contributed by atoms with Gasteiger partial charge in [-0.2, -0.15) is 13.2 Å². The molecular weight excluding hydrogens is 559 g/mol. The third-order valence-corrected chi connectivity index (χ3v) is 5.64. The van der Waals surface area contributed by atoms with Crippen LogP contribution in [0, 0.1) is 0 Å². The minimum atomic E-state index is -4.39. The summed E-state index contributed by atoms with van der Waals surface area (Å²) in [7, 11) is 1.22. The Morgan fingerprint density at radius 1 is 1.00 bits per heavy atom. The van der Waals surface area contributed by atoms with Crippen LogP contribution >= 0.6 is 43.6 Å². The molecule has 1 N–H and O–H groups in total. The molecule has 0 atom stereocenters. The van der Waals surface area contributed by atoms with E-state index >= 15 is 0 Å². The van der Waals surface area contributed by atoms with E-state index in [2.05, 4.69) is 31.9 Å². The number of nitrogens with one attached hydrogen (secondary N) is 1. The lowest BCUT2D eigenvalue weighted by molar-refractivity contribution is -0.0328. The number of ether oxygens (including phenoxy) is 1. The highest BCUT2D eigenvalue weighted by atomic mass is 79.9. The van der Waals surface area contributed by atoms with Gasteiger partial charge in [0.2, 0.25) is 0 Å². The topological polar surface area (TPSA) is 86.1 Å². The zero-order valence-corrected chi connectivity index (χ0v) is 18.8. The molecule has 3 aromatic rings. The van der Waals surface area contributed by atoms with E-state index in [1.165, 1.54) is 43.4 Å². The van der Waals surface area contributed by atoms with Crippen LogP contribution in [0.3, 0.4) is 0 Å².